The lowest BCUT2D eigenvalue weighted by atomic mass is 9.81. The monoisotopic (exact) mass is 227 g/mol. The van der Waals surface area contributed by atoms with Crippen LogP contribution in [0.5, 0.6) is 0 Å². The van der Waals surface area contributed by atoms with Gasteiger partial charge in [-0.05, 0) is 30.6 Å². The Morgan fingerprint density at radius 1 is 1.56 bits per heavy atom. The van der Waals surface area contributed by atoms with Crippen LogP contribution >= 0.6 is 0 Å². The van der Waals surface area contributed by atoms with Crippen molar-refractivity contribution < 1.29 is 9.90 Å². The van der Waals surface area contributed by atoms with Crippen molar-refractivity contribution in [1.29, 1.82) is 0 Å². The van der Waals surface area contributed by atoms with E-state index in [0.717, 1.165) is 25.7 Å². The number of carbonyl (C=O) groups is 1. The number of rotatable bonds is 5. The Morgan fingerprint density at radius 3 is 2.75 bits per heavy atom. The summed E-state index contributed by atoms with van der Waals surface area (Å²) in [5, 5.41) is 11.8. The average molecular weight is 227 g/mol. The third-order valence-corrected chi connectivity index (χ3v) is 3.82. The van der Waals surface area contributed by atoms with Crippen molar-refractivity contribution in [3.05, 3.63) is 0 Å². The maximum Gasteiger partial charge on any atom is 0.223 e. The maximum atomic E-state index is 12.0. The van der Waals surface area contributed by atoms with Gasteiger partial charge in [0.15, 0.2) is 0 Å². The zero-order valence-corrected chi connectivity index (χ0v) is 10.8. The van der Waals surface area contributed by atoms with Gasteiger partial charge in [0.25, 0.3) is 0 Å². The highest BCUT2D eigenvalue weighted by molar-refractivity contribution is 5.79. The Morgan fingerprint density at radius 2 is 2.25 bits per heavy atom. The van der Waals surface area contributed by atoms with E-state index in [0.29, 0.717) is 12.5 Å². The standard InChI is InChI=1S/C13H25NO2/c1-10(6-8-15)9-14-12(16)11-5-4-7-13(11,2)3/h10-11,15H,4-9H2,1-3H3,(H,14,16). The van der Waals surface area contributed by atoms with Gasteiger partial charge in [0, 0.05) is 19.1 Å². The molecule has 1 rings (SSSR count). The molecule has 0 radical (unpaired) electrons. The number of hydrogen-bond donors (Lipinski definition) is 2. The molecule has 2 atom stereocenters. The van der Waals surface area contributed by atoms with Crippen LogP contribution in [0.4, 0.5) is 0 Å². The van der Waals surface area contributed by atoms with Gasteiger partial charge >= 0.3 is 0 Å². The SMILES string of the molecule is CC(CCO)CNC(=O)C1CCCC1(C)C. The van der Waals surface area contributed by atoms with Crippen molar-refractivity contribution in [2.45, 2.75) is 46.5 Å². The molecule has 2 N–H and O–H groups in total. The van der Waals surface area contributed by atoms with Crippen molar-refractivity contribution in [3.63, 3.8) is 0 Å². The minimum atomic E-state index is 0.157. The van der Waals surface area contributed by atoms with Crippen LogP contribution in [0.2, 0.25) is 0 Å². The van der Waals surface area contributed by atoms with Gasteiger partial charge in [-0.2, -0.15) is 0 Å². The van der Waals surface area contributed by atoms with E-state index in [1.807, 2.05) is 0 Å². The van der Waals surface area contributed by atoms with Gasteiger partial charge in [0.05, 0.1) is 0 Å². The van der Waals surface area contributed by atoms with E-state index < -0.39 is 0 Å². The van der Waals surface area contributed by atoms with Crippen molar-refractivity contribution >= 4 is 5.91 Å². The summed E-state index contributed by atoms with van der Waals surface area (Å²) in [6.45, 7) is 7.30. The van der Waals surface area contributed by atoms with E-state index in [1.165, 1.54) is 0 Å². The zero-order valence-electron chi connectivity index (χ0n) is 10.8. The summed E-state index contributed by atoms with van der Waals surface area (Å²) >= 11 is 0. The molecule has 0 saturated heterocycles. The topological polar surface area (TPSA) is 49.3 Å². The second-order valence-corrected chi connectivity index (χ2v) is 5.80. The third-order valence-electron chi connectivity index (χ3n) is 3.82. The highest BCUT2D eigenvalue weighted by Gasteiger charge is 2.39. The van der Waals surface area contributed by atoms with E-state index in [9.17, 15) is 4.79 Å². The molecule has 2 unspecified atom stereocenters. The number of hydrogen-bond acceptors (Lipinski definition) is 2. The summed E-state index contributed by atoms with van der Waals surface area (Å²) in [6.07, 6.45) is 4.09. The number of aliphatic hydroxyl groups excluding tert-OH is 1. The molecule has 0 spiro atoms. The molecule has 16 heavy (non-hydrogen) atoms. The molecule has 1 aliphatic rings. The zero-order chi connectivity index (χ0) is 12.2. The molecule has 0 heterocycles. The minimum absolute atomic E-state index is 0.157. The Hall–Kier alpha value is -0.570. The lowest BCUT2D eigenvalue weighted by Crippen LogP contribution is -2.38. The number of nitrogens with one attached hydrogen (secondary N) is 1. The Balaban J connectivity index is 2.35. The second-order valence-electron chi connectivity index (χ2n) is 5.80. The summed E-state index contributed by atoms with van der Waals surface area (Å²) in [5.41, 5.74) is 0.157. The van der Waals surface area contributed by atoms with Crippen LogP contribution in [0.3, 0.4) is 0 Å². The van der Waals surface area contributed by atoms with Crippen molar-refractivity contribution in [2.24, 2.45) is 17.3 Å². The first-order valence-electron chi connectivity index (χ1n) is 6.36. The largest absolute Gasteiger partial charge is 0.396 e. The van der Waals surface area contributed by atoms with Crippen LogP contribution in [0, 0.1) is 17.3 Å². The first kappa shape index (κ1) is 13.5. The second kappa shape index (κ2) is 5.67. The Kier molecular flexibility index (Phi) is 4.78. The first-order chi connectivity index (χ1) is 7.47. The summed E-state index contributed by atoms with van der Waals surface area (Å²) in [7, 11) is 0. The summed E-state index contributed by atoms with van der Waals surface area (Å²) in [6, 6.07) is 0. The van der Waals surface area contributed by atoms with Crippen molar-refractivity contribution in [1.82, 2.24) is 5.32 Å². The smallest absolute Gasteiger partial charge is 0.223 e. The van der Waals surface area contributed by atoms with Crippen molar-refractivity contribution in [2.75, 3.05) is 13.2 Å². The fraction of sp³-hybridized carbons (Fsp3) is 0.923. The normalized spacial score (nSPS) is 25.4. The van der Waals surface area contributed by atoms with Crippen LogP contribution in [0.1, 0.15) is 46.5 Å². The van der Waals surface area contributed by atoms with Gasteiger partial charge in [-0.1, -0.05) is 27.2 Å². The van der Waals surface area contributed by atoms with Crippen molar-refractivity contribution in [3.8, 4) is 0 Å². The quantitative estimate of drug-likeness (QED) is 0.754. The van der Waals surface area contributed by atoms with Crippen LogP contribution < -0.4 is 5.32 Å². The summed E-state index contributed by atoms with van der Waals surface area (Å²) < 4.78 is 0. The first-order valence-corrected chi connectivity index (χ1v) is 6.36. The molecule has 0 aromatic heterocycles. The summed E-state index contributed by atoms with van der Waals surface area (Å²) in [5.74, 6) is 0.736. The molecule has 3 nitrogen and oxygen atoms in total. The molecule has 1 amide bonds. The van der Waals surface area contributed by atoms with Gasteiger partial charge in [-0.15, -0.1) is 0 Å². The van der Waals surface area contributed by atoms with E-state index in [2.05, 4.69) is 26.1 Å². The highest BCUT2D eigenvalue weighted by Crippen LogP contribution is 2.42. The predicted octanol–water partition coefficient (Wildman–Crippen LogP) is 1.95. The number of carbonyl (C=O) groups excluding carboxylic acids is 1. The highest BCUT2D eigenvalue weighted by atomic mass is 16.3. The molecular formula is C13H25NO2. The molecule has 1 aliphatic carbocycles. The molecule has 0 aromatic rings. The third kappa shape index (κ3) is 3.48. The molecule has 3 heteroatoms. The number of amides is 1. The number of aliphatic hydroxyl groups is 1. The van der Waals surface area contributed by atoms with Gasteiger partial charge in [0.1, 0.15) is 0 Å². The van der Waals surface area contributed by atoms with Crippen LogP contribution in [0.25, 0.3) is 0 Å². The van der Waals surface area contributed by atoms with Gasteiger partial charge in [-0.25, -0.2) is 0 Å². The van der Waals surface area contributed by atoms with E-state index >= 15 is 0 Å². The predicted molar refractivity (Wildman–Crippen MR) is 65.0 cm³/mol. The fourth-order valence-corrected chi connectivity index (χ4v) is 2.53. The summed E-state index contributed by atoms with van der Waals surface area (Å²) in [4.78, 5) is 12.0. The molecule has 0 aliphatic heterocycles. The van der Waals surface area contributed by atoms with Gasteiger partial charge in [0.2, 0.25) is 5.91 Å². The lowest BCUT2D eigenvalue weighted by Gasteiger charge is -2.26. The molecule has 1 saturated carbocycles. The van der Waals surface area contributed by atoms with Gasteiger partial charge in [-0.3, -0.25) is 4.79 Å². The fourth-order valence-electron chi connectivity index (χ4n) is 2.53. The van der Waals surface area contributed by atoms with Gasteiger partial charge < -0.3 is 10.4 Å². The molecule has 0 bridgehead atoms. The van der Waals surface area contributed by atoms with Crippen LogP contribution in [0.15, 0.2) is 0 Å². The van der Waals surface area contributed by atoms with E-state index in [4.69, 9.17) is 5.11 Å². The average Bonchev–Trinajstić information content (AvgIpc) is 2.55. The molecule has 0 aromatic carbocycles. The Labute approximate surface area is 98.6 Å². The molecule has 94 valence electrons. The molecule has 1 fully saturated rings. The van der Waals surface area contributed by atoms with E-state index in [1.54, 1.807) is 0 Å². The minimum Gasteiger partial charge on any atom is -0.396 e. The van der Waals surface area contributed by atoms with E-state index in [-0.39, 0.29) is 23.8 Å². The maximum absolute atomic E-state index is 12.0. The Bertz CT molecular complexity index is 238. The molecular weight excluding hydrogens is 202 g/mol. The lowest BCUT2D eigenvalue weighted by molar-refractivity contribution is -0.127. The van der Waals surface area contributed by atoms with Crippen LogP contribution in [-0.4, -0.2) is 24.2 Å². The van der Waals surface area contributed by atoms with Crippen LogP contribution in [-0.2, 0) is 4.79 Å².